The Kier molecular flexibility index (Phi) is 2.52. The summed E-state index contributed by atoms with van der Waals surface area (Å²) in [5.41, 5.74) is 8.88. The fraction of sp³-hybridized carbons (Fsp3) is 0.182. The van der Waals surface area contributed by atoms with Crippen molar-refractivity contribution >= 4 is 21.7 Å². The normalized spacial score (nSPS) is 10.6. The standard InChI is InChI=1S/C11H12BrN3/c1-7-4-3-5-9(11(7)12)15-8(2)6-10(13)14-15/h3-6H,1-2H3,(H2,13,14). The van der Waals surface area contributed by atoms with Crippen LogP contribution in [0.5, 0.6) is 0 Å². The van der Waals surface area contributed by atoms with Crippen LogP contribution in [0.15, 0.2) is 28.7 Å². The van der Waals surface area contributed by atoms with E-state index >= 15 is 0 Å². The summed E-state index contributed by atoms with van der Waals surface area (Å²) < 4.78 is 2.89. The monoisotopic (exact) mass is 265 g/mol. The van der Waals surface area contributed by atoms with E-state index in [0.717, 1.165) is 15.9 Å². The van der Waals surface area contributed by atoms with Crippen LogP contribution in [0.3, 0.4) is 0 Å². The van der Waals surface area contributed by atoms with E-state index in [4.69, 9.17) is 5.73 Å². The van der Waals surface area contributed by atoms with Crippen LogP contribution in [0.1, 0.15) is 11.3 Å². The second kappa shape index (κ2) is 3.70. The van der Waals surface area contributed by atoms with E-state index in [1.54, 1.807) is 0 Å². The Balaban J connectivity index is 2.64. The van der Waals surface area contributed by atoms with E-state index in [0.29, 0.717) is 5.82 Å². The quantitative estimate of drug-likeness (QED) is 0.862. The van der Waals surface area contributed by atoms with Crippen molar-refractivity contribution in [2.45, 2.75) is 13.8 Å². The van der Waals surface area contributed by atoms with Crippen molar-refractivity contribution in [3.63, 3.8) is 0 Å². The number of nitrogens with zero attached hydrogens (tertiary/aromatic N) is 2. The molecule has 0 aliphatic carbocycles. The molecule has 0 fully saturated rings. The number of aryl methyl sites for hydroxylation is 2. The molecule has 0 bridgehead atoms. The van der Waals surface area contributed by atoms with Gasteiger partial charge in [0.05, 0.1) is 5.69 Å². The van der Waals surface area contributed by atoms with Crippen molar-refractivity contribution in [3.05, 3.63) is 40.0 Å². The van der Waals surface area contributed by atoms with Crippen LogP contribution in [0.2, 0.25) is 0 Å². The summed E-state index contributed by atoms with van der Waals surface area (Å²) in [6.45, 7) is 4.04. The van der Waals surface area contributed by atoms with Gasteiger partial charge in [0.15, 0.2) is 0 Å². The zero-order chi connectivity index (χ0) is 11.0. The van der Waals surface area contributed by atoms with Crippen molar-refractivity contribution in [2.24, 2.45) is 0 Å². The molecule has 0 aliphatic rings. The van der Waals surface area contributed by atoms with E-state index < -0.39 is 0 Å². The Morgan fingerprint density at radius 2 is 2.07 bits per heavy atom. The maximum Gasteiger partial charge on any atom is 0.146 e. The largest absolute Gasteiger partial charge is 0.382 e. The van der Waals surface area contributed by atoms with Gasteiger partial charge >= 0.3 is 0 Å². The average molecular weight is 266 g/mol. The van der Waals surface area contributed by atoms with Crippen LogP contribution in [0, 0.1) is 13.8 Å². The second-order valence-corrected chi connectivity index (χ2v) is 4.32. The maximum absolute atomic E-state index is 5.66. The van der Waals surface area contributed by atoms with Gasteiger partial charge in [-0.15, -0.1) is 0 Å². The lowest BCUT2D eigenvalue weighted by molar-refractivity contribution is 0.846. The Labute approximate surface area is 97.0 Å². The third-order valence-corrected chi connectivity index (χ3v) is 3.34. The van der Waals surface area contributed by atoms with E-state index in [9.17, 15) is 0 Å². The molecule has 0 amide bonds. The molecule has 0 saturated heterocycles. The molecule has 78 valence electrons. The number of nitrogens with two attached hydrogens (primary N) is 1. The predicted octanol–water partition coefficient (Wildman–Crippen LogP) is 2.83. The summed E-state index contributed by atoms with van der Waals surface area (Å²) in [6.07, 6.45) is 0. The van der Waals surface area contributed by atoms with Gasteiger partial charge < -0.3 is 5.73 Å². The van der Waals surface area contributed by atoms with Crippen LogP contribution < -0.4 is 5.73 Å². The first-order valence-corrected chi connectivity index (χ1v) is 5.46. The second-order valence-electron chi connectivity index (χ2n) is 3.53. The minimum atomic E-state index is 0.543. The van der Waals surface area contributed by atoms with E-state index in [-0.39, 0.29) is 0 Å². The molecule has 0 radical (unpaired) electrons. The molecule has 2 rings (SSSR count). The molecule has 1 aromatic heterocycles. The molecule has 4 heteroatoms. The first-order chi connectivity index (χ1) is 7.09. The topological polar surface area (TPSA) is 43.8 Å². The van der Waals surface area contributed by atoms with Crippen LogP contribution >= 0.6 is 15.9 Å². The van der Waals surface area contributed by atoms with Gasteiger partial charge in [-0.25, -0.2) is 4.68 Å². The number of rotatable bonds is 1. The van der Waals surface area contributed by atoms with Gasteiger partial charge in [-0.1, -0.05) is 12.1 Å². The van der Waals surface area contributed by atoms with Gasteiger partial charge in [-0.2, -0.15) is 5.10 Å². The summed E-state index contributed by atoms with van der Waals surface area (Å²) in [5.74, 6) is 0.543. The number of halogens is 1. The predicted molar refractivity (Wildman–Crippen MR) is 65.2 cm³/mol. The number of aromatic nitrogens is 2. The third kappa shape index (κ3) is 1.77. The van der Waals surface area contributed by atoms with E-state index in [1.807, 2.05) is 29.8 Å². The highest BCUT2D eigenvalue weighted by atomic mass is 79.9. The molecule has 1 aromatic carbocycles. The van der Waals surface area contributed by atoms with Gasteiger partial charge in [0.1, 0.15) is 5.82 Å². The fourth-order valence-electron chi connectivity index (χ4n) is 1.54. The molecule has 3 nitrogen and oxygen atoms in total. The summed E-state index contributed by atoms with van der Waals surface area (Å²) in [4.78, 5) is 0. The summed E-state index contributed by atoms with van der Waals surface area (Å²) in [7, 11) is 0. The smallest absolute Gasteiger partial charge is 0.146 e. The molecular formula is C11H12BrN3. The maximum atomic E-state index is 5.66. The highest BCUT2D eigenvalue weighted by Gasteiger charge is 2.08. The third-order valence-electron chi connectivity index (χ3n) is 2.31. The van der Waals surface area contributed by atoms with Gasteiger partial charge in [0.2, 0.25) is 0 Å². The number of anilines is 1. The average Bonchev–Trinajstić information content (AvgIpc) is 2.50. The first kappa shape index (κ1) is 10.2. The van der Waals surface area contributed by atoms with E-state index in [1.165, 1.54) is 5.56 Å². The minimum absolute atomic E-state index is 0.543. The molecule has 0 unspecified atom stereocenters. The van der Waals surface area contributed by atoms with Gasteiger partial charge in [-0.3, -0.25) is 0 Å². The first-order valence-electron chi connectivity index (χ1n) is 4.67. The molecular weight excluding hydrogens is 254 g/mol. The lowest BCUT2D eigenvalue weighted by Crippen LogP contribution is -2.01. The molecule has 1 heterocycles. The van der Waals surface area contributed by atoms with Gasteiger partial charge in [0.25, 0.3) is 0 Å². The van der Waals surface area contributed by atoms with Crippen LogP contribution in [0.25, 0.3) is 5.69 Å². The summed E-state index contributed by atoms with van der Waals surface area (Å²) in [5, 5.41) is 4.25. The summed E-state index contributed by atoms with van der Waals surface area (Å²) in [6, 6.07) is 7.92. The zero-order valence-corrected chi connectivity index (χ0v) is 10.2. The van der Waals surface area contributed by atoms with Crippen molar-refractivity contribution in [1.29, 1.82) is 0 Å². The number of hydrogen-bond donors (Lipinski definition) is 1. The Hall–Kier alpha value is -1.29. The van der Waals surface area contributed by atoms with Crippen molar-refractivity contribution in [1.82, 2.24) is 9.78 Å². The SMILES string of the molecule is Cc1cccc(-n2nc(N)cc2C)c1Br. The molecule has 2 aromatic rings. The molecule has 15 heavy (non-hydrogen) atoms. The Morgan fingerprint density at radius 3 is 2.67 bits per heavy atom. The molecule has 2 N–H and O–H groups in total. The molecule has 0 aliphatic heterocycles. The Morgan fingerprint density at radius 1 is 1.33 bits per heavy atom. The van der Waals surface area contributed by atoms with Crippen molar-refractivity contribution in [3.8, 4) is 5.69 Å². The molecule has 0 saturated carbocycles. The Bertz CT molecular complexity index is 503. The minimum Gasteiger partial charge on any atom is -0.382 e. The molecule has 0 spiro atoms. The number of hydrogen-bond acceptors (Lipinski definition) is 2. The number of nitrogen functional groups attached to an aromatic ring is 1. The van der Waals surface area contributed by atoms with Crippen LogP contribution in [-0.2, 0) is 0 Å². The van der Waals surface area contributed by atoms with Crippen molar-refractivity contribution in [2.75, 3.05) is 5.73 Å². The van der Waals surface area contributed by atoms with Gasteiger partial charge in [-0.05, 0) is 41.4 Å². The van der Waals surface area contributed by atoms with E-state index in [2.05, 4.69) is 34.0 Å². The lowest BCUT2D eigenvalue weighted by atomic mass is 10.2. The number of benzene rings is 1. The van der Waals surface area contributed by atoms with Gasteiger partial charge in [0, 0.05) is 16.2 Å². The zero-order valence-electron chi connectivity index (χ0n) is 8.66. The summed E-state index contributed by atoms with van der Waals surface area (Å²) >= 11 is 3.56. The highest BCUT2D eigenvalue weighted by molar-refractivity contribution is 9.10. The van der Waals surface area contributed by atoms with Crippen LogP contribution in [-0.4, -0.2) is 9.78 Å². The van der Waals surface area contributed by atoms with Crippen LogP contribution in [0.4, 0.5) is 5.82 Å². The lowest BCUT2D eigenvalue weighted by Gasteiger charge is -2.08. The highest BCUT2D eigenvalue weighted by Crippen LogP contribution is 2.25. The molecule has 0 atom stereocenters. The fourth-order valence-corrected chi connectivity index (χ4v) is 1.97. The van der Waals surface area contributed by atoms with Crippen molar-refractivity contribution < 1.29 is 0 Å².